The normalized spacial score (nSPS) is 12.7. The molecule has 0 heterocycles. The summed E-state index contributed by atoms with van der Waals surface area (Å²) in [4.78, 5) is 23.1. The Hall–Kier alpha value is -3.12. The molecule has 1 unspecified atom stereocenters. The van der Waals surface area contributed by atoms with Crippen molar-refractivity contribution in [1.82, 2.24) is 4.72 Å². The summed E-state index contributed by atoms with van der Waals surface area (Å²) in [5, 5.41) is 4.88. The van der Waals surface area contributed by atoms with Gasteiger partial charge in [-0.25, -0.2) is 8.42 Å². The Morgan fingerprint density at radius 1 is 0.933 bits per heavy atom. The molecule has 0 bridgehead atoms. The molecule has 0 fully saturated rings. The Labute approximate surface area is 170 Å². The van der Waals surface area contributed by atoms with E-state index in [1.807, 2.05) is 0 Å². The second kappa shape index (κ2) is 9.13. The number of benzene rings is 2. The summed E-state index contributed by atoms with van der Waals surface area (Å²) in [7, 11) is -4.04. The molecule has 0 aromatic heterocycles. The fourth-order valence-electron chi connectivity index (χ4n) is 2.27. The van der Waals surface area contributed by atoms with Crippen molar-refractivity contribution in [2.24, 2.45) is 0 Å². The number of alkyl halides is 3. The molecule has 0 aliphatic carbocycles. The van der Waals surface area contributed by atoms with Crippen LogP contribution in [0.5, 0.6) is 5.75 Å². The average Bonchev–Trinajstić information content (AvgIpc) is 2.61. The first-order valence-corrected chi connectivity index (χ1v) is 9.91. The first-order valence-electron chi connectivity index (χ1n) is 8.42. The Bertz CT molecular complexity index is 1010. The molecule has 30 heavy (non-hydrogen) atoms. The number of carbonyl (C=O) groups is 2. The molecule has 0 saturated carbocycles. The molecule has 3 N–H and O–H groups in total. The van der Waals surface area contributed by atoms with E-state index in [4.69, 9.17) is 0 Å². The van der Waals surface area contributed by atoms with E-state index in [9.17, 15) is 31.2 Å². The smallest absolute Gasteiger partial charge is 0.406 e. The van der Waals surface area contributed by atoms with Gasteiger partial charge in [0, 0.05) is 18.3 Å². The van der Waals surface area contributed by atoms with Crippen molar-refractivity contribution in [2.45, 2.75) is 31.1 Å². The maximum Gasteiger partial charge on any atom is 0.573 e. The van der Waals surface area contributed by atoms with Gasteiger partial charge in [-0.1, -0.05) is 0 Å². The minimum absolute atomic E-state index is 0.120. The number of rotatable bonds is 7. The number of hydrogen-bond donors (Lipinski definition) is 3. The molecular weight excluding hydrogens is 427 g/mol. The lowest BCUT2D eigenvalue weighted by molar-refractivity contribution is -0.274. The Balaban J connectivity index is 1.99. The number of carbonyl (C=O) groups excluding carboxylic acids is 2. The largest absolute Gasteiger partial charge is 0.573 e. The minimum atomic E-state index is -4.84. The Morgan fingerprint density at radius 3 is 1.93 bits per heavy atom. The van der Waals surface area contributed by atoms with Gasteiger partial charge in [0.2, 0.25) is 21.8 Å². The van der Waals surface area contributed by atoms with Crippen LogP contribution in [0.15, 0.2) is 53.4 Å². The van der Waals surface area contributed by atoms with Crippen molar-refractivity contribution in [3.05, 3.63) is 48.5 Å². The molecule has 12 heteroatoms. The minimum Gasteiger partial charge on any atom is -0.406 e. The molecule has 0 aliphatic heterocycles. The summed E-state index contributed by atoms with van der Waals surface area (Å²) in [6, 6.07) is 8.51. The predicted octanol–water partition coefficient (Wildman–Crippen LogP) is 2.85. The molecular formula is C18H18F3N3O5S. The van der Waals surface area contributed by atoms with Crippen molar-refractivity contribution < 1.29 is 35.9 Å². The second-order valence-corrected chi connectivity index (χ2v) is 7.82. The topological polar surface area (TPSA) is 114 Å². The van der Waals surface area contributed by atoms with Crippen LogP contribution < -0.4 is 20.1 Å². The number of nitrogens with one attached hydrogen (secondary N) is 3. The summed E-state index contributed by atoms with van der Waals surface area (Å²) in [6.45, 7) is 2.61. The molecule has 0 radical (unpaired) electrons. The summed E-state index contributed by atoms with van der Waals surface area (Å²) >= 11 is 0. The molecule has 1 atom stereocenters. The van der Waals surface area contributed by atoms with Crippen molar-refractivity contribution >= 4 is 33.2 Å². The van der Waals surface area contributed by atoms with Gasteiger partial charge in [-0.05, 0) is 55.5 Å². The lowest BCUT2D eigenvalue weighted by Crippen LogP contribution is -2.41. The number of amides is 2. The molecule has 162 valence electrons. The summed E-state index contributed by atoms with van der Waals surface area (Å²) in [6.07, 6.45) is -4.84. The SMILES string of the molecule is CC(=O)Nc1ccc(S(=O)(=O)NC(C)C(=O)Nc2ccc(OC(F)(F)F)cc2)cc1. The van der Waals surface area contributed by atoms with Gasteiger partial charge in [-0.15, -0.1) is 13.2 Å². The van der Waals surface area contributed by atoms with Gasteiger partial charge in [0.25, 0.3) is 0 Å². The Morgan fingerprint density at radius 2 is 1.43 bits per heavy atom. The van der Waals surface area contributed by atoms with E-state index in [0.29, 0.717) is 5.69 Å². The third kappa shape index (κ3) is 7.04. The van der Waals surface area contributed by atoms with Crippen LogP contribution in [0, 0.1) is 0 Å². The van der Waals surface area contributed by atoms with Gasteiger partial charge in [0.15, 0.2) is 0 Å². The van der Waals surface area contributed by atoms with E-state index in [1.165, 1.54) is 50.2 Å². The zero-order chi connectivity index (χ0) is 22.5. The molecule has 2 amide bonds. The Kier molecular flexibility index (Phi) is 7.05. The lowest BCUT2D eigenvalue weighted by atomic mass is 10.2. The molecule has 2 rings (SSSR count). The first kappa shape index (κ1) is 23.2. The molecule has 0 spiro atoms. The second-order valence-electron chi connectivity index (χ2n) is 6.11. The number of anilines is 2. The van der Waals surface area contributed by atoms with Crippen LogP contribution in [0.25, 0.3) is 0 Å². The van der Waals surface area contributed by atoms with Crippen molar-refractivity contribution in [3.8, 4) is 5.75 Å². The fourth-order valence-corrected chi connectivity index (χ4v) is 3.47. The van der Waals surface area contributed by atoms with Crippen LogP contribution in [0.4, 0.5) is 24.5 Å². The standard InChI is InChI=1S/C18H18F3N3O5S/c1-11(17(26)23-14-3-7-15(8-4-14)29-18(19,20)21)24-30(27,28)16-9-5-13(6-10-16)22-12(2)25/h3-11,24H,1-2H3,(H,22,25)(H,23,26). The monoisotopic (exact) mass is 445 g/mol. The van der Waals surface area contributed by atoms with Crippen LogP contribution in [0.1, 0.15) is 13.8 Å². The molecule has 8 nitrogen and oxygen atoms in total. The zero-order valence-corrected chi connectivity index (χ0v) is 16.6. The fraction of sp³-hybridized carbons (Fsp3) is 0.222. The van der Waals surface area contributed by atoms with E-state index >= 15 is 0 Å². The van der Waals surface area contributed by atoms with Crippen LogP contribution >= 0.6 is 0 Å². The van der Waals surface area contributed by atoms with E-state index in [0.717, 1.165) is 12.1 Å². The molecule has 0 aliphatic rings. The number of hydrogen-bond acceptors (Lipinski definition) is 5. The van der Waals surface area contributed by atoms with Crippen molar-refractivity contribution in [2.75, 3.05) is 10.6 Å². The zero-order valence-electron chi connectivity index (χ0n) is 15.8. The molecule has 0 saturated heterocycles. The van der Waals surface area contributed by atoms with Crippen LogP contribution in [-0.4, -0.2) is 32.6 Å². The highest BCUT2D eigenvalue weighted by molar-refractivity contribution is 7.89. The lowest BCUT2D eigenvalue weighted by Gasteiger charge is -2.15. The van der Waals surface area contributed by atoms with Crippen LogP contribution in [-0.2, 0) is 19.6 Å². The highest BCUT2D eigenvalue weighted by atomic mass is 32.2. The van der Waals surface area contributed by atoms with E-state index in [1.54, 1.807) is 0 Å². The summed E-state index contributed by atoms with van der Waals surface area (Å²) in [5.41, 5.74) is 0.561. The maximum absolute atomic E-state index is 12.4. The van der Waals surface area contributed by atoms with Crippen LogP contribution in [0.2, 0.25) is 0 Å². The third-order valence-electron chi connectivity index (χ3n) is 3.57. The predicted molar refractivity (Wildman–Crippen MR) is 102 cm³/mol. The van der Waals surface area contributed by atoms with Crippen molar-refractivity contribution in [1.29, 1.82) is 0 Å². The van der Waals surface area contributed by atoms with Gasteiger partial charge in [0.05, 0.1) is 10.9 Å². The van der Waals surface area contributed by atoms with E-state index in [-0.39, 0.29) is 16.5 Å². The highest BCUT2D eigenvalue weighted by Gasteiger charge is 2.31. The van der Waals surface area contributed by atoms with Crippen molar-refractivity contribution in [3.63, 3.8) is 0 Å². The summed E-state index contributed by atoms with van der Waals surface area (Å²) < 4.78 is 67.2. The van der Waals surface area contributed by atoms with Crippen LogP contribution in [0.3, 0.4) is 0 Å². The molecule has 2 aromatic rings. The number of halogens is 3. The number of ether oxygens (including phenoxy) is 1. The molecule has 2 aromatic carbocycles. The maximum atomic E-state index is 12.4. The van der Waals surface area contributed by atoms with E-state index < -0.39 is 34.1 Å². The van der Waals surface area contributed by atoms with Gasteiger partial charge in [0.1, 0.15) is 5.75 Å². The van der Waals surface area contributed by atoms with Gasteiger partial charge < -0.3 is 15.4 Å². The summed E-state index contributed by atoms with van der Waals surface area (Å²) in [5.74, 6) is -1.50. The first-order chi connectivity index (χ1) is 13.9. The van der Waals surface area contributed by atoms with E-state index in [2.05, 4.69) is 20.1 Å². The van der Waals surface area contributed by atoms with Gasteiger partial charge in [-0.2, -0.15) is 4.72 Å². The quantitative estimate of drug-likeness (QED) is 0.607. The van der Waals surface area contributed by atoms with Gasteiger partial charge >= 0.3 is 6.36 Å². The third-order valence-corrected chi connectivity index (χ3v) is 5.12. The average molecular weight is 445 g/mol. The highest BCUT2D eigenvalue weighted by Crippen LogP contribution is 2.24. The number of sulfonamides is 1. The van der Waals surface area contributed by atoms with Gasteiger partial charge in [-0.3, -0.25) is 9.59 Å².